The van der Waals surface area contributed by atoms with E-state index in [1.807, 2.05) is 12.1 Å². The van der Waals surface area contributed by atoms with Crippen molar-refractivity contribution in [2.24, 2.45) is 0 Å². The first-order valence-electron chi connectivity index (χ1n) is 6.35. The number of para-hydroxylation sites is 1. The summed E-state index contributed by atoms with van der Waals surface area (Å²) in [5.41, 5.74) is 0.834. The highest BCUT2D eigenvalue weighted by Gasteiger charge is 2.10. The van der Waals surface area contributed by atoms with Gasteiger partial charge in [0.15, 0.2) is 0 Å². The van der Waals surface area contributed by atoms with E-state index in [1.165, 1.54) is 0 Å². The predicted octanol–water partition coefficient (Wildman–Crippen LogP) is 2.53. The van der Waals surface area contributed by atoms with Crippen LogP contribution in [-0.2, 0) is 16.0 Å². The zero-order valence-corrected chi connectivity index (χ0v) is 12.3. The highest BCUT2D eigenvalue weighted by molar-refractivity contribution is 6.32. The molecule has 0 amide bonds. The van der Waals surface area contributed by atoms with Crippen molar-refractivity contribution in [3.8, 4) is 5.75 Å². The Morgan fingerprint density at radius 1 is 1.16 bits per heavy atom. The number of methoxy groups -OCH3 is 2. The summed E-state index contributed by atoms with van der Waals surface area (Å²) < 4.78 is 10.2. The van der Waals surface area contributed by atoms with E-state index in [2.05, 4.69) is 4.90 Å². The summed E-state index contributed by atoms with van der Waals surface area (Å²) in [6.07, 6.45) is 0.946. The molecule has 1 N–H and O–H groups in total. The Morgan fingerprint density at radius 3 is 2.58 bits per heavy atom. The Balaban J connectivity index is 2.61. The molecule has 0 saturated carbocycles. The van der Waals surface area contributed by atoms with Crippen LogP contribution >= 0.6 is 11.6 Å². The highest BCUT2D eigenvalue weighted by atomic mass is 35.5. The van der Waals surface area contributed by atoms with E-state index in [0.717, 1.165) is 31.7 Å². The van der Waals surface area contributed by atoms with E-state index >= 15 is 0 Å². The molecule has 0 radical (unpaired) electrons. The van der Waals surface area contributed by atoms with Gasteiger partial charge in [-0.1, -0.05) is 23.7 Å². The number of phenols is 1. The van der Waals surface area contributed by atoms with Crippen molar-refractivity contribution in [2.45, 2.75) is 13.0 Å². The summed E-state index contributed by atoms with van der Waals surface area (Å²) in [6.45, 7) is 3.74. The average Bonchev–Trinajstić information content (AvgIpc) is 2.41. The number of phenolic OH excluding ortho intramolecular Hbond substituents is 1. The van der Waals surface area contributed by atoms with Gasteiger partial charge in [-0.15, -0.1) is 0 Å². The van der Waals surface area contributed by atoms with Gasteiger partial charge >= 0.3 is 0 Å². The number of halogens is 1. The molecule has 0 saturated heterocycles. The molecule has 19 heavy (non-hydrogen) atoms. The molecule has 1 aromatic carbocycles. The second-order valence-electron chi connectivity index (χ2n) is 4.36. The van der Waals surface area contributed by atoms with Crippen LogP contribution in [0.15, 0.2) is 18.2 Å². The largest absolute Gasteiger partial charge is 0.506 e. The molecule has 0 fully saturated rings. The third kappa shape index (κ3) is 5.78. The Kier molecular flexibility index (Phi) is 7.82. The topological polar surface area (TPSA) is 41.9 Å². The van der Waals surface area contributed by atoms with Crippen molar-refractivity contribution in [1.82, 2.24) is 4.90 Å². The van der Waals surface area contributed by atoms with Crippen molar-refractivity contribution in [1.29, 1.82) is 0 Å². The zero-order chi connectivity index (χ0) is 14.1. The lowest BCUT2D eigenvalue weighted by atomic mass is 10.2. The third-order valence-corrected chi connectivity index (χ3v) is 3.20. The molecule has 0 atom stereocenters. The fraction of sp³-hybridized carbons (Fsp3) is 0.571. The molecular weight excluding hydrogens is 266 g/mol. The molecule has 1 rings (SSSR count). The van der Waals surface area contributed by atoms with E-state index in [1.54, 1.807) is 20.3 Å². The number of hydrogen-bond donors (Lipinski definition) is 1. The molecule has 0 aliphatic carbocycles. The molecule has 0 spiro atoms. The number of aromatic hydroxyl groups is 1. The Labute approximate surface area is 119 Å². The molecule has 1 aromatic rings. The molecule has 0 aromatic heterocycles. The van der Waals surface area contributed by atoms with Gasteiger partial charge in [-0.2, -0.15) is 0 Å². The smallest absolute Gasteiger partial charge is 0.138 e. The van der Waals surface area contributed by atoms with Crippen LogP contribution < -0.4 is 0 Å². The van der Waals surface area contributed by atoms with Crippen LogP contribution in [0.25, 0.3) is 0 Å². The maximum atomic E-state index is 9.93. The quantitative estimate of drug-likeness (QED) is 0.709. The van der Waals surface area contributed by atoms with Crippen LogP contribution in [0.4, 0.5) is 0 Å². The molecule has 0 aliphatic heterocycles. The Bertz CT molecular complexity index is 374. The van der Waals surface area contributed by atoms with E-state index in [4.69, 9.17) is 21.1 Å². The highest BCUT2D eigenvalue weighted by Crippen LogP contribution is 2.27. The van der Waals surface area contributed by atoms with Gasteiger partial charge in [0.05, 0.1) is 11.6 Å². The maximum absolute atomic E-state index is 9.93. The molecule has 5 heteroatoms. The van der Waals surface area contributed by atoms with Crippen LogP contribution in [0.2, 0.25) is 5.02 Å². The molecular formula is C14H22ClNO3. The van der Waals surface area contributed by atoms with Gasteiger partial charge in [0.1, 0.15) is 5.75 Å². The summed E-state index contributed by atoms with van der Waals surface area (Å²) >= 11 is 5.92. The van der Waals surface area contributed by atoms with Gasteiger partial charge in [-0.3, -0.25) is 4.90 Å². The van der Waals surface area contributed by atoms with Crippen LogP contribution in [0, 0.1) is 0 Å². The van der Waals surface area contributed by atoms with Crippen LogP contribution in [0.5, 0.6) is 5.75 Å². The van der Waals surface area contributed by atoms with E-state index in [-0.39, 0.29) is 5.75 Å². The lowest BCUT2D eigenvalue weighted by Crippen LogP contribution is -2.28. The molecule has 0 unspecified atom stereocenters. The van der Waals surface area contributed by atoms with Crippen molar-refractivity contribution in [2.75, 3.05) is 40.5 Å². The van der Waals surface area contributed by atoms with Crippen LogP contribution in [0.1, 0.15) is 12.0 Å². The van der Waals surface area contributed by atoms with Gasteiger partial charge in [-0.05, 0) is 12.5 Å². The normalized spacial score (nSPS) is 11.2. The molecule has 108 valence electrons. The Morgan fingerprint density at radius 2 is 1.89 bits per heavy atom. The fourth-order valence-electron chi connectivity index (χ4n) is 1.85. The average molecular weight is 288 g/mol. The Hall–Kier alpha value is -0.810. The minimum absolute atomic E-state index is 0.165. The summed E-state index contributed by atoms with van der Waals surface area (Å²) in [7, 11) is 3.38. The minimum atomic E-state index is 0.165. The third-order valence-electron chi connectivity index (χ3n) is 2.90. The van der Waals surface area contributed by atoms with Crippen LogP contribution in [-0.4, -0.2) is 50.5 Å². The number of rotatable bonds is 9. The van der Waals surface area contributed by atoms with Crippen molar-refractivity contribution >= 4 is 11.6 Å². The number of benzene rings is 1. The number of hydrogen-bond acceptors (Lipinski definition) is 4. The lowest BCUT2D eigenvalue weighted by Gasteiger charge is -2.22. The van der Waals surface area contributed by atoms with Crippen molar-refractivity contribution in [3.63, 3.8) is 0 Å². The maximum Gasteiger partial charge on any atom is 0.138 e. The summed E-state index contributed by atoms with van der Waals surface area (Å²) in [5, 5.41) is 10.3. The van der Waals surface area contributed by atoms with Gasteiger partial charge in [0.25, 0.3) is 0 Å². The summed E-state index contributed by atoms with van der Waals surface area (Å²) in [4.78, 5) is 2.22. The number of ether oxygens (including phenoxy) is 2. The zero-order valence-electron chi connectivity index (χ0n) is 11.6. The second-order valence-corrected chi connectivity index (χ2v) is 4.77. The SMILES string of the molecule is COCCCN(CCOC)Cc1cccc(Cl)c1O. The molecule has 0 heterocycles. The first-order chi connectivity index (χ1) is 9.19. The number of nitrogens with zero attached hydrogens (tertiary/aromatic N) is 1. The molecule has 0 aliphatic rings. The van der Waals surface area contributed by atoms with Gasteiger partial charge in [0.2, 0.25) is 0 Å². The van der Waals surface area contributed by atoms with Crippen molar-refractivity contribution in [3.05, 3.63) is 28.8 Å². The minimum Gasteiger partial charge on any atom is -0.506 e. The van der Waals surface area contributed by atoms with E-state index < -0.39 is 0 Å². The summed E-state index contributed by atoms with van der Waals surface area (Å²) in [6, 6.07) is 5.42. The molecule has 4 nitrogen and oxygen atoms in total. The van der Waals surface area contributed by atoms with Crippen molar-refractivity contribution < 1.29 is 14.6 Å². The van der Waals surface area contributed by atoms with Crippen LogP contribution in [0.3, 0.4) is 0 Å². The van der Waals surface area contributed by atoms with E-state index in [9.17, 15) is 5.11 Å². The van der Waals surface area contributed by atoms with Gasteiger partial charge in [-0.25, -0.2) is 0 Å². The summed E-state index contributed by atoms with van der Waals surface area (Å²) in [5.74, 6) is 0.165. The van der Waals surface area contributed by atoms with Gasteiger partial charge < -0.3 is 14.6 Å². The standard InChI is InChI=1S/C14H22ClNO3/c1-18-9-4-7-16(8-10-19-2)11-12-5-3-6-13(15)14(12)17/h3,5-6,17H,4,7-11H2,1-2H3. The second kappa shape index (κ2) is 9.15. The van der Waals surface area contributed by atoms with Gasteiger partial charge in [0, 0.05) is 46.0 Å². The lowest BCUT2D eigenvalue weighted by molar-refractivity contribution is 0.128. The fourth-order valence-corrected chi connectivity index (χ4v) is 2.05. The monoisotopic (exact) mass is 287 g/mol. The predicted molar refractivity (Wildman–Crippen MR) is 76.8 cm³/mol. The molecule has 0 bridgehead atoms. The van der Waals surface area contributed by atoms with E-state index in [0.29, 0.717) is 18.2 Å². The first-order valence-corrected chi connectivity index (χ1v) is 6.73. The first kappa shape index (κ1) is 16.2.